The maximum Gasteiger partial charge on any atom is 0.326 e. The highest BCUT2D eigenvalue weighted by Gasteiger charge is 2.32. The lowest BCUT2D eigenvalue weighted by Gasteiger charge is -2.26. The van der Waals surface area contributed by atoms with Crippen molar-refractivity contribution in [1.29, 1.82) is 0 Å². The van der Waals surface area contributed by atoms with Crippen LogP contribution in [0.1, 0.15) is 46.0 Å². The monoisotopic (exact) mass is 487 g/mol. The van der Waals surface area contributed by atoms with Crippen LogP contribution in [0.4, 0.5) is 0 Å². The molecule has 0 aliphatic carbocycles. The number of nitrogens with two attached hydrogens (primary N) is 4. The van der Waals surface area contributed by atoms with Crippen LogP contribution in [0.3, 0.4) is 0 Å². The van der Waals surface area contributed by atoms with Crippen molar-refractivity contribution in [1.82, 2.24) is 16.0 Å². The zero-order valence-electron chi connectivity index (χ0n) is 19.0. The molecule has 192 valence electrons. The van der Waals surface area contributed by atoms with Gasteiger partial charge in [0.25, 0.3) is 0 Å². The van der Waals surface area contributed by atoms with Crippen LogP contribution in [0.15, 0.2) is 0 Å². The topological polar surface area (TPSA) is 280 Å². The Labute approximate surface area is 195 Å². The minimum atomic E-state index is -1.50. The summed E-state index contributed by atoms with van der Waals surface area (Å²) < 4.78 is 0. The van der Waals surface area contributed by atoms with E-state index < -0.39 is 77.9 Å². The zero-order chi connectivity index (χ0) is 26.6. The van der Waals surface area contributed by atoms with E-state index in [1.165, 1.54) is 0 Å². The van der Waals surface area contributed by atoms with Crippen LogP contribution in [0, 0.1) is 5.92 Å². The standard InChI is InChI=1S/C19H33N7O8/c1-8(2)15(18(32)24-10(19(33)34)4-6-13(22)28)26-17(31)11(7-14(23)29)25-16(30)9(20)3-5-12(21)27/h8-11,15H,3-7,20H2,1-2H3,(H2,21,27)(H2,22,28)(H2,23,29)(H,24,32)(H,25,30)(H,26,31)(H,33,34). The summed E-state index contributed by atoms with van der Waals surface area (Å²) in [7, 11) is 0. The number of aliphatic carboxylic acids is 1. The molecule has 0 bridgehead atoms. The summed E-state index contributed by atoms with van der Waals surface area (Å²) in [6, 6.07) is -5.41. The first-order valence-corrected chi connectivity index (χ1v) is 10.4. The molecular formula is C19H33N7O8. The van der Waals surface area contributed by atoms with Gasteiger partial charge in [-0.05, 0) is 18.8 Å². The van der Waals surface area contributed by atoms with Gasteiger partial charge in [0, 0.05) is 12.8 Å². The molecular weight excluding hydrogens is 454 g/mol. The molecule has 0 aromatic carbocycles. The molecule has 15 nitrogen and oxygen atoms in total. The quantitative estimate of drug-likeness (QED) is 0.105. The van der Waals surface area contributed by atoms with Crippen LogP contribution >= 0.6 is 0 Å². The molecule has 4 atom stereocenters. The normalized spacial score (nSPS) is 14.2. The van der Waals surface area contributed by atoms with Gasteiger partial charge in [-0.3, -0.25) is 28.8 Å². The number of carboxylic acid groups (broad SMARTS) is 1. The number of primary amides is 3. The highest BCUT2D eigenvalue weighted by molar-refractivity contribution is 5.96. The van der Waals surface area contributed by atoms with Crippen molar-refractivity contribution in [2.75, 3.05) is 0 Å². The number of hydrogen-bond acceptors (Lipinski definition) is 8. The number of hydrogen-bond donors (Lipinski definition) is 8. The van der Waals surface area contributed by atoms with Gasteiger partial charge in [-0.15, -0.1) is 0 Å². The SMILES string of the molecule is CC(C)C(NC(=O)C(CC(N)=O)NC(=O)C(N)CCC(N)=O)C(=O)NC(CCC(N)=O)C(=O)O. The molecule has 0 saturated carbocycles. The van der Waals surface area contributed by atoms with E-state index >= 15 is 0 Å². The summed E-state index contributed by atoms with van der Waals surface area (Å²) in [5, 5.41) is 16.1. The Morgan fingerprint density at radius 3 is 1.65 bits per heavy atom. The Bertz CT molecular complexity index is 802. The number of carbonyl (C=O) groups excluding carboxylic acids is 6. The Morgan fingerprint density at radius 1 is 0.706 bits per heavy atom. The van der Waals surface area contributed by atoms with Crippen molar-refractivity contribution < 1.29 is 38.7 Å². The maximum absolute atomic E-state index is 12.8. The van der Waals surface area contributed by atoms with Crippen LogP contribution < -0.4 is 38.9 Å². The third-order valence-electron chi connectivity index (χ3n) is 4.62. The van der Waals surface area contributed by atoms with E-state index in [4.69, 9.17) is 22.9 Å². The largest absolute Gasteiger partial charge is 0.480 e. The first-order valence-electron chi connectivity index (χ1n) is 10.4. The molecule has 0 aliphatic heterocycles. The minimum absolute atomic E-state index is 0.106. The van der Waals surface area contributed by atoms with Crippen molar-refractivity contribution in [3.8, 4) is 0 Å². The third-order valence-corrected chi connectivity index (χ3v) is 4.62. The highest BCUT2D eigenvalue weighted by atomic mass is 16.4. The summed E-state index contributed by atoms with van der Waals surface area (Å²) in [4.78, 5) is 82.2. The van der Waals surface area contributed by atoms with E-state index in [-0.39, 0.29) is 25.7 Å². The first kappa shape index (κ1) is 30.2. The third kappa shape index (κ3) is 11.8. The molecule has 34 heavy (non-hydrogen) atoms. The molecule has 0 aliphatic rings. The summed E-state index contributed by atoms with van der Waals surface area (Å²) in [5.41, 5.74) is 20.8. The van der Waals surface area contributed by atoms with Gasteiger partial charge in [0.2, 0.25) is 35.4 Å². The van der Waals surface area contributed by atoms with Gasteiger partial charge in [-0.1, -0.05) is 13.8 Å². The van der Waals surface area contributed by atoms with Gasteiger partial charge >= 0.3 is 5.97 Å². The van der Waals surface area contributed by atoms with E-state index in [2.05, 4.69) is 16.0 Å². The Kier molecular flexibility index (Phi) is 12.8. The van der Waals surface area contributed by atoms with Crippen LogP contribution in [-0.2, 0) is 33.6 Å². The molecule has 0 aromatic heterocycles. The highest BCUT2D eigenvalue weighted by Crippen LogP contribution is 2.07. The smallest absolute Gasteiger partial charge is 0.326 e. The second-order valence-corrected chi connectivity index (χ2v) is 7.98. The summed E-state index contributed by atoms with van der Waals surface area (Å²) in [6.45, 7) is 3.12. The van der Waals surface area contributed by atoms with Gasteiger partial charge in [0.1, 0.15) is 18.1 Å². The predicted molar refractivity (Wildman–Crippen MR) is 117 cm³/mol. The average molecular weight is 488 g/mol. The fourth-order valence-corrected chi connectivity index (χ4v) is 2.71. The fourth-order valence-electron chi connectivity index (χ4n) is 2.71. The molecule has 0 saturated heterocycles. The lowest BCUT2D eigenvalue weighted by atomic mass is 10.0. The first-order chi connectivity index (χ1) is 15.6. The molecule has 0 rings (SSSR count). The molecule has 4 unspecified atom stereocenters. The Hall–Kier alpha value is -3.75. The zero-order valence-corrected chi connectivity index (χ0v) is 19.0. The Balaban J connectivity index is 5.42. The van der Waals surface area contributed by atoms with Gasteiger partial charge < -0.3 is 44.0 Å². The van der Waals surface area contributed by atoms with Gasteiger partial charge in [0.15, 0.2) is 0 Å². The number of amides is 6. The van der Waals surface area contributed by atoms with Gasteiger partial charge in [-0.2, -0.15) is 0 Å². The maximum atomic E-state index is 12.8. The summed E-state index contributed by atoms with van der Waals surface area (Å²) >= 11 is 0. The lowest BCUT2D eigenvalue weighted by Crippen LogP contribution is -2.59. The van der Waals surface area contributed by atoms with E-state index in [1.807, 2.05) is 0 Å². The van der Waals surface area contributed by atoms with Crippen molar-refractivity contribution in [2.24, 2.45) is 28.9 Å². The number of rotatable bonds is 16. The van der Waals surface area contributed by atoms with Gasteiger partial charge in [-0.25, -0.2) is 4.79 Å². The van der Waals surface area contributed by atoms with Crippen LogP contribution in [0.2, 0.25) is 0 Å². The van der Waals surface area contributed by atoms with E-state index in [9.17, 15) is 38.7 Å². The molecule has 0 radical (unpaired) electrons. The summed E-state index contributed by atoms with van der Waals surface area (Å²) in [6.07, 6.45) is -1.47. The van der Waals surface area contributed by atoms with Crippen LogP contribution in [0.5, 0.6) is 0 Å². The van der Waals surface area contributed by atoms with E-state index in [0.29, 0.717) is 0 Å². The summed E-state index contributed by atoms with van der Waals surface area (Å²) in [5.74, 6) is -7.01. The second-order valence-electron chi connectivity index (χ2n) is 7.98. The van der Waals surface area contributed by atoms with E-state index in [1.54, 1.807) is 13.8 Å². The number of nitrogens with one attached hydrogen (secondary N) is 3. The number of carbonyl (C=O) groups is 7. The molecule has 0 spiro atoms. The molecule has 12 N–H and O–H groups in total. The van der Waals surface area contributed by atoms with E-state index in [0.717, 1.165) is 0 Å². The second kappa shape index (κ2) is 14.4. The molecule has 0 aromatic rings. The van der Waals surface area contributed by atoms with Crippen molar-refractivity contribution in [2.45, 2.75) is 70.1 Å². The lowest BCUT2D eigenvalue weighted by molar-refractivity contribution is -0.143. The van der Waals surface area contributed by atoms with Crippen LogP contribution in [0.25, 0.3) is 0 Å². The molecule has 6 amide bonds. The van der Waals surface area contributed by atoms with Crippen molar-refractivity contribution in [3.05, 3.63) is 0 Å². The Morgan fingerprint density at radius 2 is 1.21 bits per heavy atom. The average Bonchev–Trinajstić information content (AvgIpc) is 2.71. The van der Waals surface area contributed by atoms with Crippen LogP contribution in [-0.4, -0.2) is 70.7 Å². The van der Waals surface area contributed by atoms with Crippen molar-refractivity contribution >= 4 is 41.4 Å². The van der Waals surface area contributed by atoms with Gasteiger partial charge in [0.05, 0.1) is 12.5 Å². The van der Waals surface area contributed by atoms with Crippen molar-refractivity contribution in [3.63, 3.8) is 0 Å². The predicted octanol–water partition coefficient (Wildman–Crippen LogP) is -4.08. The fraction of sp³-hybridized carbons (Fsp3) is 0.632. The number of carboxylic acids is 1. The molecule has 0 fully saturated rings. The molecule has 0 heterocycles. The minimum Gasteiger partial charge on any atom is -0.480 e. The molecule has 15 heteroatoms.